The van der Waals surface area contributed by atoms with E-state index in [0.717, 1.165) is 12.8 Å². The van der Waals surface area contributed by atoms with Gasteiger partial charge in [0.2, 0.25) is 11.8 Å². The van der Waals surface area contributed by atoms with Gasteiger partial charge in [-0.05, 0) is 37.8 Å². The second-order valence-corrected chi connectivity index (χ2v) is 7.37. The fraction of sp³-hybridized carbons (Fsp3) is 0.381. The van der Waals surface area contributed by atoms with Gasteiger partial charge in [0.25, 0.3) is 5.91 Å². The highest BCUT2D eigenvalue weighted by molar-refractivity contribution is 6.17. The number of nitrogens with zero attached hydrogens (tertiary/aromatic N) is 1. The zero-order chi connectivity index (χ0) is 21.0. The van der Waals surface area contributed by atoms with Gasteiger partial charge in [0.1, 0.15) is 12.6 Å². The number of ether oxygens (including phenoxy) is 1. The van der Waals surface area contributed by atoms with E-state index in [1.807, 2.05) is 0 Å². The number of carbonyl (C=O) groups excluding carboxylic acids is 3. The van der Waals surface area contributed by atoms with Crippen LogP contribution in [0.4, 0.5) is 5.69 Å². The lowest BCUT2D eigenvalue weighted by molar-refractivity contribution is -0.125. The van der Waals surface area contributed by atoms with Crippen LogP contribution in [-0.4, -0.2) is 47.8 Å². The van der Waals surface area contributed by atoms with E-state index in [0.29, 0.717) is 53.5 Å². The van der Waals surface area contributed by atoms with Crippen molar-refractivity contribution in [3.63, 3.8) is 0 Å². The van der Waals surface area contributed by atoms with Crippen molar-refractivity contribution in [2.75, 3.05) is 24.4 Å². The highest BCUT2D eigenvalue weighted by Crippen LogP contribution is 2.39. The SMILES string of the molecule is C=C1CCC(N2C(=C)c3c(NC(=O)COCCCCCl)cccc3C2=O)C(=O)N1. The number of nitrogens with one attached hydrogen (secondary N) is 2. The fourth-order valence-corrected chi connectivity index (χ4v) is 3.70. The molecule has 2 aliphatic heterocycles. The van der Waals surface area contributed by atoms with E-state index in [-0.39, 0.29) is 24.3 Å². The van der Waals surface area contributed by atoms with Crippen molar-refractivity contribution < 1.29 is 19.1 Å². The predicted octanol–water partition coefficient (Wildman–Crippen LogP) is 2.88. The van der Waals surface area contributed by atoms with Gasteiger partial charge in [-0.15, -0.1) is 11.6 Å². The van der Waals surface area contributed by atoms with E-state index in [1.165, 1.54) is 4.90 Å². The molecule has 0 spiro atoms. The van der Waals surface area contributed by atoms with Crippen LogP contribution >= 0.6 is 11.6 Å². The molecule has 1 atom stereocenters. The van der Waals surface area contributed by atoms with Crippen molar-refractivity contribution in [1.29, 1.82) is 0 Å². The van der Waals surface area contributed by atoms with Crippen LogP contribution in [0.1, 0.15) is 41.6 Å². The Hall–Kier alpha value is -2.64. The molecule has 1 unspecified atom stereocenters. The van der Waals surface area contributed by atoms with E-state index in [4.69, 9.17) is 16.3 Å². The molecule has 2 N–H and O–H groups in total. The lowest BCUT2D eigenvalue weighted by Crippen LogP contribution is -2.49. The molecule has 3 rings (SSSR count). The first kappa shape index (κ1) is 21.1. The largest absolute Gasteiger partial charge is 0.372 e. The van der Waals surface area contributed by atoms with Crippen molar-refractivity contribution in [2.45, 2.75) is 31.7 Å². The molecule has 0 bridgehead atoms. The summed E-state index contributed by atoms with van der Waals surface area (Å²) in [5.41, 5.74) is 2.45. The molecule has 0 saturated carbocycles. The van der Waals surface area contributed by atoms with Crippen LogP contribution in [0.3, 0.4) is 0 Å². The normalized spacial score (nSPS) is 18.7. The second-order valence-electron chi connectivity index (χ2n) is 6.99. The zero-order valence-electron chi connectivity index (χ0n) is 16.1. The molecule has 1 saturated heterocycles. The van der Waals surface area contributed by atoms with Crippen molar-refractivity contribution in [3.8, 4) is 0 Å². The van der Waals surface area contributed by atoms with Gasteiger partial charge in [0.15, 0.2) is 0 Å². The Balaban J connectivity index is 1.72. The van der Waals surface area contributed by atoms with Crippen LogP contribution in [0, 0.1) is 0 Å². The number of fused-ring (bicyclic) bond motifs is 1. The van der Waals surface area contributed by atoms with Gasteiger partial charge in [-0.3, -0.25) is 19.3 Å². The number of halogens is 1. The van der Waals surface area contributed by atoms with Gasteiger partial charge in [0.05, 0.1) is 11.3 Å². The molecule has 0 aliphatic carbocycles. The van der Waals surface area contributed by atoms with E-state index < -0.39 is 6.04 Å². The smallest absolute Gasteiger partial charge is 0.259 e. The summed E-state index contributed by atoms with van der Waals surface area (Å²) in [6.07, 6.45) is 2.68. The summed E-state index contributed by atoms with van der Waals surface area (Å²) >= 11 is 5.61. The Kier molecular flexibility index (Phi) is 6.71. The number of benzene rings is 1. The number of hydrogen-bond acceptors (Lipinski definition) is 4. The van der Waals surface area contributed by atoms with E-state index in [2.05, 4.69) is 23.8 Å². The summed E-state index contributed by atoms with van der Waals surface area (Å²) in [7, 11) is 0. The number of allylic oxidation sites excluding steroid dienone is 1. The topological polar surface area (TPSA) is 87.7 Å². The van der Waals surface area contributed by atoms with Crippen LogP contribution in [0.2, 0.25) is 0 Å². The molecule has 1 aromatic rings. The number of piperidine rings is 1. The monoisotopic (exact) mass is 417 g/mol. The summed E-state index contributed by atoms with van der Waals surface area (Å²) in [4.78, 5) is 39.0. The lowest BCUT2D eigenvalue weighted by atomic mass is 10.0. The summed E-state index contributed by atoms with van der Waals surface area (Å²) in [6.45, 7) is 8.15. The minimum Gasteiger partial charge on any atom is -0.372 e. The molecule has 2 heterocycles. The summed E-state index contributed by atoms with van der Waals surface area (Å²) < 4.78 is 5.35. The Morgan fingerprint density at radius 1 is 1.31 bits per heavy atom. The Morgan fingerprint density at radius 3 is 2.83 bits per heavy atom. The van der Waals surface area contributed by atoms with Gasteiger partial charge < -0.3 is 15.4 Å². The number of hydrogen-bond donors (Lipinski definition) is 2. The molecule has 1 aromatic carbocycles. The molecule has 0 aromatic heterocycles. The summed E-state index contributed by atoms with van der Waals surface area (Å²) in [5.74, 6) is -0.342. The maximum absolute atomic E-state index is 13.0. The van der Waals surface area contributed by atoms with Gasteiger partial charge in [-0.1, -0.05) is 19.2 Å². The van der Waals surface area contributed by atoms with Crippen LogP contribution in [0.5, 0.6) is 0 Å². The first-order valence-electron chi connectivity index (χ1n) is 9.52. The first-order valence-corrected chi connectivity index (χ1v) is 10.1. The average Bonchev–Trinajstić information content (AvgIpc) is 2.93. The number of carbonyl (C=O) groups is 3. The van der Waals surface area contributed by atoms with Crippen molar-refractivity contribution in [1.82, 2.24) is 10.2 Å². The first-order chi connectivity index (χ1) is 13.9. The number of unbranched alkanes of at least 4 members (excludes halogenated alkanes) is 1. The third-order valence-corrected chi connectivity index (χ3v) is 5.17. The van der Waals surface area contributed by atoms with Crippen LogP contribution in [-0.2, 0) is 14.3 Å². The van der Waals surface area contributed by atoms with Crippen LogP contribution < -0.4 is 10.6 Å². The molecule has 1 fully saturated rings. The molecule has 29 heavy (non-hydrogen) atoms. The van der Waals surface area contributed by atoms with Gasteiger partial charge in [0, 0.05) is 29.4 Å². The molecule has 0 radical (unpaired) electrons. The average molecular weight is 418 g/mol. The molecular weight excluding hydrogens is 394 g/mol. The second kappa shape index (κ2) is 9.24. The zero-order valence-corrected chi connectivity index (χ0v) is 16.9. The van der Waals surface area contributed by atoms with Crippen molar-refractivity contribution in [2.24, 2.45) is 0 Å². The minimum absolute atomic E-state index is 0.0940. The standard InChI is InChI=1S/C21H24ClN3O4/c1-13-8-9-17(20(27)23-13)25-14(2)19-15(21(25)28)6-5-7-16(19)24-18(26)12-29-11-4-3-10-22/h5-7,17H,1-4,8-12H2,(H,23,27)(H,24,26). The molecule has 7 nitrogen and oxygen atoms in total. The highest BCUT2D eigenvalue weighted by atomic mass is 35.5. The lowest BCUT2D eigenvalue weighted by Gasteiger charge is -2.31. The summed E-state index contributed by atoms with van der Waals surface area (Å²) in [6, 6.07) is 4.41. The number of amides is 3. The summed E-state index contributed by atoms with van der Waals surface area (Å²) in [5, 5.41) is 5.48. The number of anilines is 1. The third-order valence-electron chi connectivity index (χ3n) is 4.91. The van der Waals surface area contributed by atoms with Gasteiger partial charge in [-0.25, -0.2) is 0 Å². The maximum Gasteiger partial charge on any atom is 0.259 e. The highest BCUT2D eigenvalue weighted by Gasteiger charge is 2.41. The van der Waals surface area contributed by atoms with Gasteiger partial charge >= 0.3 is 0 Å². The van der Waals surface area contributed by atoms with E-state index in [9.17, 15) is 14.4 Å². The predicted molar refractivity (Wildman–Crippen MR) is 111 cm³/mol. The van der Waals surface area contributed by atoms with E-state index in [1.54, 1.807) is 18.2 Å². The van der Waals surface area contributed by atoms with Crippen molar-refractivity contribution >= 4 is 40.7 Å². The van der Waals surface area contributed by atoms with Crippen LogP contribution in [0.15, 0.2) is 37.1 Å². The quantitative estimate of drug-likeness (QED) is 0.503. The van der Waals surface area contributed by atoms with E-state index >= 15 is 0 Å². The van der Waals surface area contributed by atoms with Gasteiger partial charge in [-0.2, -0.15) is 0 Å². The Labute approximate surface area is 174 Å². The Morgan fingerprint density at radius 2 is 2.10 bits per heavy atom. The Bertz CT molecular complexity index is 867. The fourth-order valence-electron chi connectivity index (χ4n) is 3.51. The van der Waals surface area contributed by atoms with Crippen molar-refractivity contribution in [3.05, 3.63) is 48.2 Å². The molecule has 8 heteroatoms. The molecule has 3 amide bonds. The molecular formula is C21H24ClN3O4. The third kappa shape index (κ3) is 4.52. The molecule has 2 aliphatic rings. The molecule has 154 valence electrons. The number of rotatable bonds is 8. The minimum atomic E-state index is -0.651. The maximum atomic E-state index is 13.0. The number of alkyl halides is 1. The van der Waals surface area contributed by atoms with Crippen LogP contribution in [0.25, 0.3) is 5.70 Å².